The third kappa shape index (κ3) is 2.60. The van der Waals surface area contributed by atoms with E-state index in [0.29, 0.717) is 0 Å². The molecule has 0 unspecified atom stereocenters. The molecule has 0 fully saturated rings. The van der Waals surface area contributed by atoms with Crippen molar-refractivity contribution >= 4 is 21.6 Å². The first-order valence-corrected chi connectivity index (χ1v) is 5.10. The SMILES string of the molecule is Nc1cc(C(F)F)nc(C(F)(F)F)c1CBr. The van der Waals surface area contributed by atoms with E-state index in [9.17, 15) is 22.0 Å². The van der Waals surface area contributed by atoms with Crippen LogP contribution in [0.4, 0.5) is 27.6 Å². The highest BCUT2D eigenvalue weighted by Crippen LogP contribution is 2.35. The molecule has 16 heavy (non-hydrogen) atoms. The van der Waals surface area contributed by atoms with Crippen LogP contribution in [0.1, 0.15) is 23.4 Å². The Kier molecular flexibility index (Phi) is 3.72. The topological polar surface area (TPSA) is 38.9 Å². The first-order valence-electron chi connectivity index (χ1n) is 3.98. The molecule has 1 aromatic heterocycles. The average Bonchev–Trinajstić information content (AvgIpc) is 2.14. The van der Waals surface area contributed by atoms with E-state index < -0.39 is 24.0 Å². The van der Waals surface area contributed by atoms with Gasteiger partial charge in [-0.05, 0) is 6.07 Å². The van der Waals surface area contributed by atoms with Crippen molar-refractivity contribution in [3.63, 3.8) is 0 Å². The van der Waals surface area contributed by atoms with E-state index in [1.165, 1.54) is 0 Å². The lowest BCUT2D eigenvalue weighted by Crippen LogP contribution is -2.15. The van der Waals surface area contributed by atoms with E-state index >= 15 is 0 Å². The minimum Gasteiger partial charge on any atom is -0.398 e. The van der Waals surface area contributed by atoms with Gasteiger partial charge in [0, 0.05) is 16.6 Å². The molecule has 1 aromatic rings. The van der Waals surface area contributed by atoms with Crippen LogP contribution in [0.2, 0.25) is 0 Å². The zero-order valence-electron chi connectivity index (χ0n) is 7.65. The number of hydrogen-bond acceptors (Lipinski definition) is 2. The minimum absolute atomic E-state index is 0.204. The van der Waals surface area contributed by atoms with E-state index in [4.69, 9.17) is 5.73 Å². The lowest BCUT2D eigenvalue weighted by Gasteiger charge is -2.14. The molecule has 0 aliphatic carbocycles. The Bertz CT molecular complexity index is 391. The van der Waals surface area contributed by atoms with Crippen LogP contribution in [-0.4, -0.2) is 4.98 Å². The molecular formula is C8H6BrF5N2. The molecule has 0 atom stereocenters. The van der Waals surface area contributed by atoms with Gasteiger partial charge in [0.25, 0.3) is 6.43 Å². The molecule has 0 saturated heterocycles. The Hall–Kier alpha value is -0.920. The van der Waals surface area contributed by atoms with Gasteiger partial charge in [-0.2, -0.15) is 13.2 Å². The monoisotopic (exact) mass is 304 g/mol. The van der Waals surface area contributed by atoms with Crippen molar-refractivity contribution in [3.05, 3.63) is 23.0 Å². The molecule has 0 aliphatic rings. The van der Waals surface area contributed by atoms with Gasteiger partial charge in [-0.15, -0.1) is 0 Å². The van der Waals surface area contributed by atoms with E-state index in [1.54, 1.807) is 0 Å². The van der Waals surface area contributed by atoms with E-state index in [-0.39, 0.29) is 16.6 Å². The third-order valence-electron chi connectivity index (χ3n) is 1.80. The molecule has 1 heterocycles. The van der Waals surface area contributed by atoms with Crippen LogP contribution in [-0.2, 0) is 11.5 Å². The first-order chi connectivity index (χ1) is 7.27. The van der Waals surface area contributed by atoms with E-state index in [1.807, 2.05) is 0 Å². The third-order valence-corrected chi connectivity index (χ3v) is 2.37. The fourth-order valence-electron chi connectivity index (χ4n) is 1.10. The first kappa shape index (κ1) is 13.1. The molecule has 2 nitrogen and oxygen atoms in total. The number of pyridine rings is 1. The zero-order chi connectivity index (χ0) is 12.5. The fraction of sp³-hybridized carbons (Fsp3) is 0.375. The van der Waals surface area contributed by atoms with Crippen molar-refractivity contribution in [2.45, 2.75) is 17.9 Å². The number of nitrogen functional groups attached to an aromatic ring is 1. The van der Waals surface area contributed by atoms with Crippen molar-refractivity contribution in [1.29, 1.82) is 0 Å². The summed E-state index contributed by atoms with van der Waals surface area (Å²) in [5.41, 5.74) is 2.22. The number of anilines is 1. The number of nitrogens with zero attached hydrogens (tertiary/aromatic N) is 1. The largest absolute Gasteiger partial charge is 0.433 e. The number of rotatable bonds is 2. The van der Waals surface area contributed by atoms with Crippen molar-refractivity contribution in [3.8, 4) is 0 Å². The van der Waals surface area contributed by atoms with Crippen molar-refractivity contribution in [2.24, 2.45) is 0 Å². The molecule has 0 spiro atoms. The second kappa shape index (κ2) is 4.52. The van der Waals surface area contributed by atoms with Crippen LogP contribution in [0.5, 0.6) is 0 Å². The maximum Gasteiger partial charge on any atom is 0.433 e. The lowest BCUT2D eigenvalue weighted by molar-refractivity contribution is -0.141. The summed E-state index contributed by atoms with van der Waals surface area (Å²) in [7, 11) is 0. The number of hydrogen-bond donors (Lipinski definition) is 1. The molecule has 2 N–H and O–H groups in total. The predicted octanol–water partition coefficient (Wildman–Crippen LogP) is 3.52. The Labute approximate surface area is 95.8 Å². The second-order valence-electron chi connectivity index (χ2n) is 2.90. The summed E-state index contributed by atoms with van der Waals surface area (Å²) < 4.78 is 61.9. The molecule has 0 radical (unpaired) electrons. The second-order valence-corrected chi connectivity index (χ2v) is 3.46. The van der Waals surface area contributed by atoms with Gasteiger partial charge in [-0.3, -0.25) is 0 Å². The summed E-state index contributed by atoms with van der Waals surface area (Å²) in [5, 5.41) is -0.204. The van der Waals surface area contributed by atoms with Crippen LogP contribution in [0.25, 0.3) is 0 Å². The number of nitrogens with two attached hydrogens (primary N) is 1. The van der Waals surface area contributed by atoms with Crippen LogP contribution in [0.15, 0.2) is 6.07 Å². The number of aromatic nitrogens is 1. The van der Waals surface area contributed by atoms with Crippen LogP contribution < -0.4 is 5.73 Å². The van der Waals surface area contributed by atoms with Gasteiger partial charge in [-0.1, -0.05) is 15.9 Å². The van der Waals surface area contributed by atoms with Gasteiger partial charge < -0.3 is 5.73 Å². The molecular weight excluding hydrogens is 299 g/mol. The summed E-state index contributed by atoms with van der Waals surface area (Å²) in [6.07, 6.45) is -7.89. The predicted molar refractivity (Wildman–Crippen MR) is 51.2 cm³/mol. The van der Waals surface area contributed by atoms with Crippen molar-refractivity contribution in [1.82, 2.24) is 4.98 Å². The number of alkyl halides is 6. The molecule has 0 saturated carbocycles. The van der Waals surface area contributed by atoms with E-state index in [0.717, 1.165) is 6.07 Å². The summed E-state index contributed by atoms with van der Waals surface area (Å²) in [6.45, 7) is 0. The van der Waals surface area contributed by atoms with Gasteiger partial charge >= 0.3 is 6.18 Å². The molecule has 8 heteroatoms. The fourth-order valence-corrected chi connectivity index (χ4v) is 1.69. The summed E-state index contributed by atoms with van der Waals surface area (Å²) in [4.78, 5) is 2.89. The maximum absolute atomic E-state index is 12.5. The molecule has 90 valence electrons. The van der Waals surface area contributed by atoms with Gasteiger partial charge in [-0.25, -0.2) is 13.8 Å². The van der Waals surface area contributed by atoms with Gasteiger partial charge in [0.1, 0.15) is 5.69 Å². The van der Waals surface area contributed by atoms with Crippen molar-refractivity contribution in [2.75, 3.05) is 5.73 Å². The Morgan fingerprint density at radius 3 is 2.31 bits per heavy atom. The molecule has 0 aliphatic heterocycles. The normalized spacial score (nSPS) is 12.2. The van der Waals surface area contributed by atoms with Gasteiger partial charge in [0.2, 0.25) is 0 Å². The zero-order valence-corrected chi connectivity index (χ0v) is 9.24. The quantitative estimate of drug-likeness (QED) is 0.671. The van der Waals surface area contributed by atoms with Crippen LogP contribution in [0.3, 0.4) is 0 Å². The van der Waals surface area contributed by atoms with Gasteiger partial charge in [0.15, 0.2) is 5.69 Å². The minimum atomic E-state index is -4.80. The summed E-state index contributed by atoms with van der Waals surface area (Å²) >= 11 is 2.81. The smallest absolute Gasteiger partial charge is 0.398 e. The maximum atomic E-state index is 12.5. The Morgan fingerprint density at radius 2 is 1.94 bits per heavy atom. The number of halogens is 6. The standard InChI is InChI=1S/C8H6BrF5N2/c9-2-3-4(15)1-5(7(10)11)16-6(3)8(12,13)14/h1,7H,2H2,(H2,15,16). The van der Waals surface area contributed by atoms with Gasteiger partial charge in [0.05, 0.1) is 0 Å². The average molecular weight is 305 g/mol. The molecule has 0 amide bonds. The Morgan fingerprint density at radius 1 is 1.38 bits per heavy atom. The molecule has 0 bridgehead atoms. The summed E-state index contributed by atoms with van der Waals surface area (Å²) in [5.74, 6) is 0. The molecule has 1 rings (SSSR count). The highest BCUT2D eigenvalue weighted by molar-refractivity contribution is 9.08. The lowest BCUT2D eigenvalue weighted by atomic mass is 10.1. The highest BCUT2D eigenvalue weighted by atomic mass is 79.9. The van der Waals surface area contributed by atoms with Crippen molar-refractivity contribution < 1.29 is 22.0 Å². The Balaban J connectivity index is 3.43. The van der Waals surface area contributed by atoms with E-state index in [2.05, 4.69) is 20.9 Å². The van der Waals surface area contributed by atoms with Crippen LogP contribution >= 0.6 is 15.9 Å². The summed E-state index contributed by atoms with van der Waals surface area (Å²) in [6, 6.07) is 0.747. The molecule has 0 aromatic carbocycles. The highest BCUT2D eigenvalue weighted by Gasteiger charge is 2.37. The van der Waals surface area contributed by atoms with Crippen LogP contribution in [0, 0.1) is 0 Å².